The molecule has 1 aliphatic carbocycles. The summed E-state index contributed by atoms with van der Waals surface area (Å²) in [6.45, 7) is 1.54. The lowest BCUT2D eigenvalue weighted by atomic mass is 9.98. The Labute approximate surface area is 148 Å². The molecule has 7 heteroatoms. The highest BCUT2D eigenvalue weighted by Gasteiger charge is 2.26. The lowest BCUT2D eigenvalue weighted by Gasteiger charge is -2.30. The van der Waals surface area contributed by atoms with Crippen molar-refractivity contribution in [1.82, 2.24) is 9.97 Å². The van der Waals surface area contributed by atoms with Gasteiger partial charge in [0.2, 0.25) is 0 Å². The van der Waals surface area contributed by atoms with Gasteiger partial charge in [0, 0.05) is 30.1 Å². The summed E-state index contributed by atoms with van der Waals surface area (Å²) in [5, 5.41) is 12.3. The van der Waals surface area contributed by atoms with E-state index in [4.69, 9.17) is 0 Å². The molecule has 3 aromatic rings. The average Bonchev–Trinajstić information content (AvgIpc) is 3.21. The zero-order chi connectivity index (χ0) is 17.0. The molecule has 126 valence electrons. The van der Waals surface area contributed by atoms with Gasteiger partial charge in [0.25, 0.3) is 5.69 Å². The van der Waals surface area contributed by atoms with E-state index in [2.05, 4.69) is 14.9 Å². The van der Waals surface area contributed by atoms with Gasteiger partial charge in [0.15, 0.2) is 0 Å². The highest BCUT2D eigenvalue weighted by Crippen LogP contribution is 2.41. The van der Waals surface area contributed by atoms with Crippen LogP contribution in [0.1, 0.15) is 28.0 Å². The number of thiophene rings is 1. The Kier molecular flexibility index (Phi) is 3.24. The number of rotatable bonds is 2. The summed E-state index contributed by atoms with van der Waals surface area (Å²) < 4.78 is 0. The predicted molar refractivity (Wildman–Crippen MR) is 97.3 cm³/mol. The Morgan fingerprint density at radius 2 is 2.08 bits per heavy atom. The third kappa shape index (κ3) is 2.30. The van der Waals surface area contributed by atoms with E-state index in [0.717, 1.165) is 42.0 Å². The molecule has 0 atom stereocenters. The van der Waals surface area contributed by atoms with Crippen molar-refractivity contribution in [3.8, 4) is 0 Å². The molecule has 0 amide bonds. The third-order valence-electron chi connectivity index (χ3n) is 5.19. The van der Waals surface area contributed by atoms with Crippen molar-refractivity contribution in [3.05, 3.63) is 56.2 Å². The van der Waals surface area contributed by atoms with Crippen LogP contribution in [0.15, 0.2) is 24.5 Å². The number of aromatic nitrogens is 2. The second-order valence-corrected chi connectivity index (χ2v) is 7.70. The number of non-ortho nitro benzene ring substituents is 1. The van der Waals surface area contributed by atoms with Crippen LogP contribution in [0.2, 0.25) is 0 Å². The molecule has 2 aromatic heterocycles. The van der Waals surface area contributed by atoms with E-state index in [9.17, 15) is 10.1 Å². The van der Waals surface area contributed by atoms with E-state index in [1.807, 2.05) is 6.07 Å². The van der Waals surface area contributed by atoms with Crippen molar-refractivity contribution in [2.75, 3.05) is 11.4 Å². The Hall–Kier alpha value is -2.54. The van der Waals surface area contributed by atoms with Gasteiger partial charge in [-0.05, 0) is 42.4 Å². The van der Waals surface area contributed by atoms with Crippen LogP contribution in [-0.2, 0) is 25.8 Å². The summed E-state index contributed by atoms with van der Waals surface area (Å²) in [4.78, 5) is 24.6. The largest absolute Gasteiger partial charge is 0.351 e. The maximum absolute atomic E-state index is 11.1. The van der Waals surface area contributed by atoms with Gasteiger partial charge in [-0.15, -0.1) is 11.3 Å². The molecule has 6 nitrogen and oxygen atoms in total. The first kappa shape index (κ1) is 14.8. The minimum atomic E-state index is -0.326. The van der Waals surface area contributed by atoms with Crippen molar-refractivity contribution in [2.24, 2.45) is 0 Å². The number of fused-ring (bicyclic) bond motifs is 4. The fraction of sp³-hybridized carbons (Fsp3) is 0.333. The summed E-state index contributed by atoms with van der Waals surface area (Å²) in [5.74, 6) is 0.988. The lowest BCUT2D eigenvalue weighted by molar-refractivity contribution is -0.384. The molecule has 0 bridgehead atoms. The SMILES string of the molecule is O=[N+]([O-])c1ccc2c(c1)CN(c1ncnc3sc4c(c13)CCC4)CC2. The van der Waals surface area contributed by atoms with Gasteiger partial charge in [0.05, 0.1) is 10.3 Å². The fourth-order valence-corrected chi connectivity index (χ4v) is 5.21. The summed E-state index contributed by atoms with van der Waals surface area (Å²) in [5.41, 5.74) is 3.80. The molecule has 5 rings (SSSR count). The van der Waals surface area contributed by atoms with Gasteiger partial charge in [-0.25, -0.2) is 9.97 Å². The maximum Gasteiger partial charge on any atom is 0.269 e. The van der Waals surface area contributed by atoms with E-state index in [1.54, 1.807) is 29.8 Å². The summed E-state index contributed by atoms with van der Waals surface area (Å²) in [6.07, 6.45) is 5.98. The van der Waals surface area contributed by atoms with E-state index < -0.39 is 0 Å². The van der Waals surface area contributed by atoms with Crippen molar-refractivity contribution < 1.29 is 4.92 Å². The topological polar surface area (TPSA) is 72.2 Å². The van der Waals surface area contributed by atoms with Gasteiger partial charge in [0.1, 0.15) is 17.0 Å². The first-order valence-electron chi connectivity index (χ1n) is 8.47. The molecule has 0 saturated heterocycles. The van der Waals surface area contributed by atoms with Crippen LogP contribution in [0.4, 0.5) is 11.5 Å². The molecule has 25 heavy (non-hydrogen) atoms. The van der Waals surface area contributed by atoms with Crippen LogP contribution in [0.25, 0.3) is 10.2 Å². The third-order valence-corrected chi connectivity index (χ3v) is 6.39. The normalized spacial score (nSPS) is 16.1. The monoisotopic (exact) mass is 352 g/mol. The molecular weight excluding hydrogens is 336 g/mol. The molecule has 0 fully saturated rings. The van der Waals surface area contributed by atoms with Crippen molar-refractivity contribution in [3.63, 3.8) is 0 Å². The number of nitro groups is 1. The highest BCUT2D eigenvalue weighted by molar-refractivity contribution is 7.19. The molecule has 0 spiro atoms. The van der Waals surface area contributed by atoms with E-state index in [1.165, 1.54) is 27.8 Å². The number of nitrogens with zero attached hydrogens (tertiary/aromatic N) is 4. The Balaban J connectivity index is 1.58. The van der Waals surface area contributed by atoms with Crippen molar-refractivity contribution in [1.29, 1.82) is 0 Å². The van der Waals surface area contributed by atoms with Gasteiger partial charge in [-0.2, -0.15) is 0 Å². The van der Waals surface area contributed by atoms with Crippen LogP contribution in [0.3, 0.4) is 0 Å². The van der Waals surface area contributed by atoms with E-state index >= 15 is 0 Å². The standard InChI is InChI=1S/C18H16N4O2S/c23-22(24)13-5-4-11-6-7-21(9-12(11)8-13)17-16-14-2-1-3-15(14)25-18(16)20-10-19-17/h4-5,8,10H,1-3,6-7,9H2. The summed E-state index contributed by atoms with van der Waals surface area (Å²) >= 11 is 1.79. The minimum absolute atomic E-state index is 0.157. The molecule has 0 saturated carbocycles. The molecule has 1 aliphatic heterocycles. The number of hydrogen-bond donors (Lipinski definition) is 0. The molecule has 3 heterocycles. The average molecular weight is 352 g/mol. The number of anilines is 1. The van der Waals surface area contributed by atoms with Gasteiger partial charge in [-0.1, -0.05) is 6.07 Å². The van der Waals surface area contributed by atoms with Crippen molar-refractivity contribution in [2.45, 2.75) is 32.2 Å². The molecule has 0 radical (unpaired) electrons. The predicted octanol–water partition coefficient (Wildman–Crippen LogP) is 3.65. The Bertz CT molecular complexity index is 1010. The molecule has 2 aliphatic rings. The molecule has 0 unspecified atom stereocenters. The van der Waals surface area contributed by atoms with Crippen LogP contribution < -0.4 is 4.90 Å². The van der Waals surface area contributed by atoms with Crippen LogP contribution in [0.5, 0.6) is 0 Å². The minimum Gasteiger partial charge on any atom is -0.351 e. The van der Waals surface area contributed by atoms with Crippen LogP contribution in [0, 0.1) is 10.1 Å². The second kappa shape index (κ2) is 5.49. The quantitative estimate of drug-likeness (QED) is 0.520. The van der Waals surface area contributed by atoms with Crippen LogP contribution in [-0.4, -0.2) is 21.4 Å². The first-order chi connectivity index (χ1) is 12.2. The molecular formula is C18H16N4O2S. The summed E-state index contributed by atoms with van der Waals surface area (Å²) in [6, 6.07) is 5.20. The van der Waals surface area contributed by atoms with Crippen molar-refractivity contribution >= 4 is 33.1 Å². The van der Waals surface area contributed by atoms with E-state index in [-0.39, 0.29) is 10.6 Å². The molecule has 0 N–H and O–H groups in total. The summed E-state index contributed by atoms with van der Waals surface area (Å²) in [7, 11) is 0. The smallest absolute Gasteiger partial charge is 0.269 e. The lowest BCUT2D eigenvalue weighted by Crippen LogP contribution is -2.31. The van der Waals surface area contributed by atoms with Gasteiger partial charge in [-0.3, -0.25) is 10.1 Å². The Morgan fingerprint density at radius 3 is 2.96 bits per heavy atom. The van der Waals surface area contributed by atoms with Gasteiger partial charge >= 0.3 is 0 Å². The zero-order valence-corrected chi connectivity index (χ0v) is 14.4. The Morgan fingerprint density at radius 1 is 1.16 bits per heavy atom. The number of hydrogen-bond acceptors (Lipinski definition) is 6. The first-order valence-corrected chi connectivity index (χ1v) is 9.29. The second-order valence-electron chi connectivity index (χ2n) is 6.62. The maximum atomic E-state index is 11.1. The highest BCUT2D eigenvalue weighted by atomic mass is 32.1. The number of benzene rings is 1. The number of nitro benzene ring substituents is 1. The molecule has 1 aromatic carbocycles. The van der Waals surface area contributed by atoms with E-state index in [0.29, 0.717) is 6.54 Å². The zero-order valence-electron chi connectivity index (χ0n) is 13.6. The number of aryl methyl sites for hydroxylation is 2. The fourth-order valence-electron chi connectivity index (χ4n) is 3.99. The van der Waals surface area contributed by atoms with Crippen LogP contribution >= 0.6 is 11.3 Å². The van der Waals surface area contributed by atoms with Gasteiger partial charge < -0.3 is 4.90 Å².